The minimum Gasteiger partial charge on any atom is -0.497 e. The van der Waals surface area contributed by atoms with Gasteiger partial charge in [0.15, 0.2) is 0 Å². The summed E-state index contributed by atoms with van der Waals surface area (Å²) < 4.78 is 40.2. The molecule has 0 aliphatic heterocycles. The van der Waals surface area contributed by atoms with E-state index < -0.39 is 10.1 Å². The van der Waals surface area contributed by atoms with Crippen molar-refractivity contribution in [3.05, 3.63) is 18.2 Å². The van der Waals surface area contributed by atoms with E-state index in [9.17, 15) is 8.42 Å². The zero-order chi connectivity index (χ0) is 10.8. The number of benzene rings is 1. The standard InChI is InChI=1S/C8H10O5S.ClH/c1-12-6-3-4-8(14(9,10)11)7(5-6)13-2;/h3-5H,1-2H3,(H,9,10,11);1H. The average Bonchev–Trinajstić information content (AvgIpc) is 2.15. The van der Waals surface area contributed by atoms with Crippen LogP contribution in [0.15, 0.2) is 23.1 Å². The normalized spacial score (nSPS) is 10.3. The molecule has 0 radical (unpaired) electrons. The molecule has 1 aromatic rings. The lowest BCUT2D eigenvalue weighted by atomic mass is 10.3. The summed E-state index contributed by atoms with van der Waals surface area (Å²) in [5, 5.41) is 0. The average molecular weight is 255 g/mol. The monoisotopic (exact) mass is 254 g/mol. The van der Waals surface area contributed by atoms with Crippen LogP contribution in [0.2, 0.25) is 0 Å². The highest BCUT2D eigenvalue weighted by Crippen LogP contribution is 2.27. The summed E-state index contributed by atoms with van der Waals surface area (Å²) in [4.78, 5) is -0.277. The van der Waals surface area contributed by atoms with Crippen LogP contribution in [0.1, 0.15) is 0 Å². The van der Waals surface area contributed by atoms with Crippen LogP contribution in [0, 0.1) is 0 Å². The molecule has 0 fully saturated rings. The molecule has 0 saturated carbocycles. The molecule has 0 aromatic heterocycles. The summed E-state index contributed by atoms with van der Waals surface area (Å²) in [6.07, 6.45) is 0. The van der Waals surface area contributed by atoms with E-state index in [4.69, 9.17) is 14.0 Å². The lowest BCUT2D eigenvalue weighted by Crippen LogP contribution is -2.01. The number of ether oxygens (including phenoxy) is 2. The van der Waals surface area contributed by atoms with Crippen LogP contribution < -0.4 is 9.47 Å². The third kappa shape index (κ3) is 3.26. The predicted molar refractivity (Wildman–Crippen MR) is 56.6 cm³/mol. The van der Waals surface area contributed by atoms with Gasteiger partial charge in [0.05, 0.1) is 14.2 Å². The van der Waals surface area contributed by atoms with E-state index in [1.54, 1.807) is 0 Å². The van der Waals surface area contributed by atoms with Gasteiger partial charge in [-0.3, -0.25) is 4.55 Å². The Kier molecular flexibility index (Phi) is 4.86. The van der Waals surface area contributed by atoms with Crippen molar-refractivity contribution in [2.75, 3.05) is 14.2 Å². The van der Waals surface area contributed by atoms with Crippen LogP contribution in [0.4, 0.5) is 0 Å². The molecule has 0 aliphatic rings. The van der Waals surface area contributed by atoms with Crippen LogP contribution in [0.3, 0.4) is 0 Å². The number of rotatable bonds is 3. The largest absolute Gasteiger partial charge is 0.497 e. The van der Waals surface area contributed by atoms with E-state index in [0.29, 0.717) is 5.75 Å². The maximum absolute atomic E-state index is 10.8. The Hall–Kier alpha value is -0.980. The fourth-order valence-electron chi connectivity index (χ4n) is 0.988. The van der Waals surface area contributed by atoms with Gasteiger partial charge in [-0.05, 0) is 12.1 Å². The molecule has 0 atom stereocenters. The van der Waals surface area contributed by atoms with Gasteiger partial charge in [0.25, 0.3) is 10.1 Å². The topological polar surface area (TPSA) is 72.8 Å². The first kappa shape index (κ1) is 14.0. The summed E-state index contributed by atoms with van der Waals surface area (Å²) in [6, 6.07) is 4.02. The van der Waals surface area contributed by atoms with Gasteiger partial charge in [-0.25, -0.2) is 0 Å². The maximum atomic E-state index is 10.8. The summed E-state index contributed by atoms with van der Waals surface area (Å²) in [5.74, 6) is 0.501. The van der Waals surface area contributed by atoms with Crippen molar-refractivity contribution in [1.82, 2.24) is 0 Å². The van der Waals surface area contributed by atoms with Crippen LogP contribution in [-0.2, 0) is 10.1 Å². The van der Waals surface area contributed by atoms with Crippen molar-refractivity contribution < 1.29 is 22.4 Å². The van der Waals surface area contributed by atoms with Crippen LogP contribution in [0.5, 0.6) is 11.5 Å². The second-order valence-electron chi connectivity index (χ2n) is 2.49. The van der Waals surface area contributed by atoms with E-state index in [0.717, 1.165) is 0 Å². The van der Waals surface area contributed by atoms with Crippen LogP contribution in [0.25, 0.3) is 0 Å². The third-order valence-corrected chi connectivity index (χ3v) is 2.54. The van der Waals surface area contributed by atoms with E-state index in [-0.39, 0.29) is 23.1 Å². The maximum Gasteiger partial charge on any atom is 0.298 e. The van der Waals surface area contributed by atoms with Crippen molar-refractivity contribution in [2.24, 2.45) is 0 Å². The number of halogens is 1. The van der Waals surface area contributed by atoms with Crippen LogP contribution >= 0.6 is 12.4 Å². The first-order valence-electron chi connectivity index (χ1n) is 3.68. The summed E-state index contributed by atoms with van der Waals surface area (Å²) in [5.41, 5.74) is 0. The Morgan fingerprint density at radius 2 is 1.80 bits per heavy atom. The molecule has 5 nitrogen and oxygen atoms in total. The SMILES string of the molecule is COc1ccc(S(=O)(=O)O)c(OC)c1.Cl. The second-order valence-corrected chi connectivity index (χ2v) is 3.88. The van der Waals surface area contributed by atoms with E-state index in [1.807, 2.05) is 0 Å². The quantitative estimate of drug-likeness (QED) is 0.825. The van der Waals surface area contributed by atoms with E-state index in [2.05, 4.69) is 0 Å². The van der Waals surface area contributed by atoms with Gasteiger partial charge in [0.1, 0.15) is 16.4 Å². The summed E-state index contributed by atoms with van der Waals surface area (Å²) >= 11 is 0. The first-order valence-corrected chi connectivity index (χ1v) is 5.12. The Bertz CT molecular complexity index is 429. The lowest BCUT2D eigenvalue weighted by Gasteiger charge is -2.07. The van der Waals surface area contributed by atoms with Gasteiger partial charge >= 0.3 is 0 Å². The highest BCUT2D eigenvalue weighted by atomic mass is 35.5. The molecule has 1 rings (SSSR count). The van der Waals surface area contributed by atoms with Crippen molar-refractivity contribution in [1.29, 1.82) is 0 Å². The highest BCUT2D eigenvalue weighted by Gasteiger charge is 2.16. The zero-order valence-corrected chi connectivity index (χ0v) is 9.76. The van der Waals surface area contributed by atoms with E-state index in [1.165, 1.54) is 32.4 Å². The molecule has 86 valence electrons. The second kappa shape index (κ2) is 5.20. The molecule has 0 bridgehead atoms. The molecule has 0 spiro atoms. The molecule has 0 amide bonds. The molecule has 0 unspecified atom stereocenters. The van der Waals surface area contributed by atoms with Gasteiger partial charge in [-0.1, -0.05) is 0 Å². The Morgan fingerprint density at radius 3 is 2.20 bits per heavy atom. The number of methoxy groups -OCH3 is 2. The van der Waals surface area contributed by atoms with Crippen LogP contribution in [-0.4, -0.2) is 27.2 Å². The highest BCUT2D eigenvalue weighted by molar-refractivity contribution is 7.86. The molecule has 1 N–H and O–H groups in total. The molecule has 0 heterocycles. The minimum atomic E-state index is -4.25. The molecular weight excluding hydrogens is 244 g/mol. The van der Waals surface area contributed by atoms with Crippen molar-refractivity contribution in [3.63, 3.8) is 0 Å². The van der Waals surface area contributed by atoms with Crippen molar-refractivity contribution in [2.45, 2.75) is 4.90 Å². The molecular formula is C8H11ClO5S. The molecule has 0 aliphatic carbocycles. The van der Waals surface area contributed by atoms with Gasteiger partial charge in [-0.2, -0.15) is 8.42 Å². The fourth-order valence-corrected chi connectivity index (χ4v) is 1.62. The minimum absolute atomic E-state index is 0. The van der Waals surface area contributed by atoms with Gasteiger partial charge in [0, 0.05) is 6.07 Å². The third-order valence-electron chi connectivity index (χ3n) is 1.65. The summed E-state index contributed by atoms with van der Waals surface area (Å²) in [6.45, 7) is 0. The predicted octanol–water partition coefficient (Wildman–Crippen LogP) is 1.37. The molecule has 15 heavy (non-hydrogen) atoms. The molecule has 7 heteroatoms. The Balaban J connectivity index is 0.00000196. The van der Waals surface area contributed by atoms with E-state index >= 15 is 0 Å². The van der Waals surface area contributed by atoms with Crippen molar-refractivity contribution in [3.8, 4) is 11.5 Å². The fraction of sp³-hybridized carbons (Fsp3) is 0.250. The number of hydrogen-bond donors (Lipinski definition) is 1. The van der Waals surface area contributed by atoms with Gasteiger partial charge in [0.2, 0.25) is 0 Å². The number of hydrogen-bond acceptors (Lipinski definition) is 4. The van der Waals surface area contributed by atoms with Gasteiger partial charge < -0.3 is 9.47 Å². The van der Waals surface area contributed by atoms with Crippen molar-refractivity contribution >= 4 is 22.5 Å². The van der Waals surface area contributed by atoms with Gasteiger partial charge in [-0.15, -0.1) is 12.4 Å². The molecule has 0 saturated heterocycles. The summed E-state index contributed by atoms with van der Waals surface area (Å²) in [7, 11) is -1.50. The lowest BCUT2D eigenvalue weighted by molar-refractivity contribution is 0.383. The Labute approximate surface area is 94.2 Å². The first-order chi connectivity index (χ1) is 6.49. The molecule has 1 aromatic carbocycles. The zero-order valence-electron chi connectivity index (χ0n) is 8.13. The Morgan fingerprint density at radius 1 is 1.20 bits per heavy atom. The smallest absolute Gasteiger partial charge is 0.298 e.